The van der Waals surface area contributed by atoms with Crippen LogP contribution in [0.3, 0.4) is 0 Å². The third kappa shape index (κ3) is 3.87. The Morgan fingerprint density at radius 1 is 1.21 bits per heavy atom. The van der Waals surface area contributed by atoms with Gasteiger partial charge in [0.05, 0.1) is 5.92 Å². The van der Waals surface area contributed by atoms with E-state index in [0.717, 1.165) is 38.2 Å². The van der Waals surface area contributed by atoms with Crippen molar-refractivity contribution >= 4 is 17.6 Å². The summed E-state index contributed by atoms with van der Waals surface area (Å²) in [6, 6.07) is 9.54. The van der Waals surface area contributed by atoms with E-state index in [1.165, 1.54) is 0 Å². The lowest BCUT2D eigenvalue weighted by Crippen LogP contribution is -2.56. The molecular weight excluding hydrogens is 304 g/mol. The van der Waals surface area contributed by atoms with Crippen molar-refractivity contribution in [2.45, 2.75) is 25.8 Å². The summed E-state index contributed by atoms with van der Waals surface area (Å²) in [4.78, 5) is 29.0. The van der Waals surface area contributed by atoms with E-state index >= 15 is 0 Å². The smallest absolute Gasteiger partial charge is 0.321 e. The van der Waals surface area contributed by atoms with E-state index < -0.39 is 0 Å². The van der Waals surface area contributed by atoms with Crippen LogP contribution in [0.2, 0.25) is 0 Å². The van der Waals surface area contributed by atoms with Crippen LogP contribution in [0, 0.1) is 5.92 Å². The Hall–Kier alpha value is -2.08. The van der Waals surface area contributed by atoms with Crippen molar-refractivity contribution in [2.75, 3.05) is 38.0 Å². The van der Waals surface area contributed by atoms with Gasteiger partial charge in [-0.1, -0.05) is 18.2 Å². The number of amides is 3. The first-order valence-corrected chi connectivity index (χ1v) is 8.77. The van der Waals surface area contributed by atoms with Crippen molar-refractivity contribution in [3.8, 4) is 0 Å². The van der Waals surface area contributed by atoms with Gasteiger partial charge in [0, 0.05) is 44.5 Å². The van der Waals surface area contributed by atoms with Gasteiger partial charge >= 0.3 is 6.03 Å². The maximum Gasteiger partial charge on any atom is 0.321 e. The zero-order valence-corrected chi connectivity index (χ0v) is 14.2. The number of piperazine rings is 1. The Balaban J connectivity index is 1.59. The lowest BCUT2D eigenvalue weighted by atomic mass is 9.95. The Kier molecular flexibility index (Phi) is 5.35. The fourth-order valence-electron chi connectivity index (χ4n) is 3.49. The second-order valence-electron chi connectivity index (χ2n) is 6.67. The minimum atomic E-state index is -0.118. The van der Waals surface area contributed by atoms with Gasteiger partial charge in [0.15, 0.2) is 0 Å². The number of nitrogens with zero attached hydrogens (tertiary/aromatic N) is 2. The summed E-state index contributed by atoms with van der Waals surface area (Å²) in [7, 11) is 0. The summed E-state index contributed by atoms with van der Waals surface area (Å²) in [6.45, 7) is 5.74. The molecule has 130 valence electrons. The van der Waals surface area contributed by atoms with Crippen LogP contribution >= 0.6 is 0 Å². The van der Waals surface area contributed by atoms with Crippen LogP contribution in [0.25, 0.3) is 0 Å². The number of rotatable bonds is 2. The molecule has 24 heavy (non-hydrogen) atoms. The summed E-state index contributed by atoms with van der Waals surface area (Å²) >= 11 is 0. The van der Waals surface area contributed by atoms with Crippen molar-refractivity contribution in [1.82, 2.24) is 15.1 Å². The summed E-state index contributed by atoms with van der Waals surface area (Å²) in [5.74, 6) is 0.113. The molecule has 2 aliphatic heterocycles. The molecule has 6 nitrogen and oxygen atoms in total. The van der Waals surface area contributed by atoms with Crippen molar-refractivity contribution in [1.29, 1.82) is 0 Å². The third-order valence-corrected chi connectivity index (χ3v) is 4.87. The third-order valence-electron chi connectivity index (χ3n) is 4.87. The molecule has 2 aliphatic rings. The van der Waals surface area contributed by atoms with Gasteiger partial charge in [-0.25, -0.2) is 4.79 Å². The molecule has 0 aromatic heterocycles. The fraction of sp³-hybridized carbons (Fsp3) is 0.556. The number of para-hydroxylation sites is 1. The predicted molar refractivity (Wildman–Crippen MR) is 93.8 cm³/mol. The van der Waals surface area contributed by atoms with Crippen molar-refractivity contribution in [3.05, 3.63) is 30.3 Å². The van der Waals surface area contributed by atoms with Gasteiger partial charge in [-0.3, -0.25) is 4.79 Å². The highest BCUT2D eigenvalue weighted by atomic mass is 16.2. The van der Waals surface area contributed by atoms with E-state index in [-0.39, 0.29) is 23.9 Å². The van der Waals surface area contributed by atoms with E-state index in [0.29, 0.717) is 13.1 Å². The van der Waals surface area contributed by atoms with Crippen LogP contribution in [0.15, 0.2) is 30.3 Å². The van der Waals surface area contributed by atoms with Gasteiger partial charge in [-0.15, -0.1) is 0 Å². The molecule has 2 saturated heterocycles. The molecule has 2 N–H and O–H groups in total. The largest absolute Gasteiger partial charge is 0.337 e. The first-order chi connectivity index (χ1) is 11.6. The highest BCUT2D eigenvalue weighted by Crippen LogP contribution is 2.21. The topological polar surface area (TPSA) is 64.7 Å². The van der Waals surface area contributed by atoms with Gasteiger partial charge in [0.2, 0.25) is 5.91 Å². The van der Waals surface area contributed by atoms with Crippen LogP contribution in [0.1, 0.15) is 19.8 Å². The molecule has 1 aromatic rings. The zero-order valence-electron chi connectivity index (χ0n) is 14.2. The summed E-state index contributed by atoms with van der Waals surface area (Å²) in [6.07, 6.45) is 1.74. The van der Waals surface area contributed by atoms with E-state index in [9.17, 15) is 9.59 Å². The average Bonchev–Trinajstić information content (AvgIpc) is 2.62. The Bertz CT molecular complexity index is 578. The molecule has 1 aromatic carbocycles. The van der Waals surface area contributed by atoms with Crippen molar-refractivity contribution < 1.29 is 9.59 Å². The minimum Gasteiger partial charge on any atom is -0.337 e. The van der Waals surface area contributed by atoms with Crippen LogP contribution < -0.4 is 10.6 Å². The molecule has 1 unspecified atom stereocenters. The summed E-state index contributed by atoms with van der Waals surface area (Å²) in [5.41, 5.74) is 0.784. The van der Waals surface area contributed by atoms with Gasteiger partial charge in [-0.05, 0) is 31.9 Å². The normalized spacial score (nSPS) is 24.5. The second-order valence-corrected chi connectivity index (χ2v) is 6.67. The fourth-order valence-corrected chi connectivity index (χ4v) is 3.49. The first kappa shape index (κ1) is 16.8. The molecule has 6 heteroatoms. The molecule has 3 amide bonds. The summed E-state index contributed by atoms with van der Waals surface area (Å²) in [5, 5.41) is 6.22. The van der Waals surface area contributed by atoms with E-state index in [1.54, 1.807) is 4.90 Å². The molecule has 0 saturated carbocycles. The highest BCUT2D eigenvalue weighted by Gasteiger charge is 2.33. The molecule has 2 heterocycles. The predicted octanol–water partition coefficient (Wildman–Crippen LogP) is 1.75. The number of hydrogen-bond donors (Lipinski definition) is 2. The van der Waals surface area contributed by atoms with E-state index in [1.807, 2.05) is 35.2 Å². The average molecular weight is 330 g/mol. The zero-order chi connectivity index (χ0) is 16.9. The first-order valence-electron chi connectivity index (χ1n) is 8.77. The van der Waals surface area contributed by atoms with E-state index in [4.69, 9.17) is 0 Å². The molecule has 2 fully saturated rings. The number of urea groups is 1. The van der Waals surface area contributed by atoms with Crippen LogP contribution in [-0.2, 0) is 4.79 Å². The lowest BCUT2D eigenvalue weighted by molar-refractivity contribution is -0.139. The van der Waals surface area contributed by atoms with E-state index in [2.05, 4.69) is 17.6 Å². The quantitative estimate of drug-likeness (QED) is 0.868. The van der Waals surface area contributed by atoms with Crippen LogP contribution in [0.5, 0.6) is 0 Å². The highest BCUT2D eigenvalue weighted by molar-refractivity contribution is 5.90. The van der Waals surface area contributed by atoms with Crippen molar-refractivity contribution in [2.24, 2.45) is 5.92 Å². The molecule has 3 rings (SSSR count). The number of carbonyl (C=O) groups excluding carboxylic acids is 2. The number of likely N-dealkylation sites (tertiary alicyclic amines) is 1. The molecule has 0 radical (unpaired) electrons. The van der Waals surface area contributed by atoms with Gasteiger partial charge < -0.3 is 20.4 Å². The molecule has 0 aliphatic carbocycles. The molecule has 0 spiro atoms. The number of hydrogen-bond acceptors (Lipinski definition) is 3. The van der Waals surface area contributed by atoms with Gasteiger partial charge in [0.25, 0.3) is 0 Å². The van der Waals surface area contributed by atoms with Gasteiger partial charge in [0.1, 0.15) is 0 Å². The Morgan fingerprint density at radius 3 is 2.75 bits per heavy atom. The minimum absolute atomic E-state index is 0.0826. The summed E-state index contributed by atoms with van der Waals surface area (Å²) < 4.78 is 0. The number of benzene rings is 1. The Labute approximate surface area is 143 Å². The second kappa shape index (κ2) is 7.66. The number of carbonyl (C=O) groups is 2. The van der Waals surface area contributed by atoms with Crippen molar-refractivity contribution in [3.63, 3.8) is 0 Å². The van der Waals surface area contributed by atoms with Crippen LogP contribution in [-0.4, -0.2) is 60.5 Å². The standard InChI is InChI=1S/C18H26N4O2/c1-14-12-19-9-11-22(14)17(23)15-6-5-10-21(13-15)18(24)20-16-7-3-2-4-8-16/h2-4,7-8,14-15,19H,5-6,9-13H2,1H3,(H,20,24)/t14-,15?/m1/s1. The lowest BCUT2D eigenvalue weighted by Gasteiger charge is -2.39. The molecule has 0 bridgehead atoms. The maximum absolute atomic E-state index is 12.8. The SMILES string of the molecule is C[C@@H]1CNCCN1C(=O)C1CCCN(C(=O)Nc2ccccc2)C1. The monoisotopic (exact) mass is 330 g/mol. The van der Waals surface area contributed by atoms with Gasteiger partial charge in [-0.2, -0.15) is 0 Å². The number of nitrogens with one attached hydrogen (secondary N) is 2. The molecule has 2 atom stereocenters. The molecular formula is C18H26N4O2. The Morgan fingerprint density at radius 2 is 2.00 bits per heavy atom. The maximum atomic E-state index is 12.8. The van der Waals surface area contributed by atoms with Crippen LogP contribution in [0.4, 0.5) is 10.5 Å². The number of anilines is 1. The number of piperidine rings is 1.